The van der Waals surface area contributed by atoms with Crippen LogP contribution in [0.15, 0.2) is 16.1 Å². The molecule has 60 valence electrons. The largest absolute Gasteiger partial charge is 0.369 e. The van der Waals surface area contributed by atoms with Crippen LogP contribution in [-0.4, -0.2) is 11.0 Å². The Morgan fingerprint density at radius 2 is 2.00 bits per heavy atom. The molecule has 0 N–H and O–H groups in total. The van der Waals surface area contributed by atoms with E-state index in [9.17, 15) is 4.79 Å². The average Bonchev–Trinajstić information content (AvgIpc) is 2.30. The summed E-state index contributed by atoms with van der Waals surface area (Å²) in [6.45, 7) is 3.81. The molecule has 0 saturated heterocycles. The van der Waals surface area contributed by atoms with Crippen LogP contribution in [0.1, 0.15) is 11.3 Å². The van der Waals surface area contributed by atoms with Crippen molar-refractivity contribution in [1.29, 1.82) is 0 Å². The molecular weight excluding hydrogens is 154 g/mol. The van der Waals surface area contributed by atoms with Gasteiger partial charge in [0.15, 0.2) is 5.49 Å². The van der Waals surface area contributed by atoms with Gasteiger partial charge in [-0.1, -0.05) is 0 Å². The molecule has 0 aliphatic carbocycles. The summed E-state index contributed by atoms with van der Waals surface area (Å²) < 4.78 is 0. The van der Waals surface area contributed by atoms with E-state index in [1.54, 1.807) is 0 Å². The molecule has 0 atom stereocenters. The fourth-order valence-corrected chi connectivity index (χ4v) is 1.06. The number of amides is 2. The van der Waals surface area contributed by atoms with Crippen molar-refractivity contribution < 1.29 is 4.79 Å². The van der Waals surface area contributed by atoms with Crippen LogP contribution in [0.2, 0.25) is 0 Å². The summed E-state index contributed by atoms with van der Waals surface area (Å²) >= 11 is 0. The van der Waals surface area contributed by atoms with Crippen molar-refractivity contribution in [2.75, 3.05) is 0 Å². The van der Waals surface area contributed by atoms with Crippen molar-refractivity contribution in [3.05, 3.63) is 28.2 Å². The molecule has 4 heteroatoms. The highest BCUT2D eigenvalue weighted by molar-refractivity contribution is 5.77. The minimum Gasteiger partial charge on any atom is -0.244 e. The molecule has 1 aromatic rings. The third-order valence-corrected chi connectivity index (χ3v) is 1.84. The van der Waals surface area contributed by atoms with Crippen LogP contribution in [0.5, 0.6) is 0 Å². The number of urea groups is 1. The van der Waals surface area contributed by atoms with Crippen LogP contribution in [0.3, 0.4) is 0 Å². The van der Waals surface area contributed by atoms with Gasteiger partial charge in [0.2, 0.25) is 0 Å². The first-order valence-electron chi connectivity index (χ1n) is 3.62. The zero-order chi connectivity index (χ0) is 8.72. The van der Waals surface area contributed by atoms with Gasteiger partial charge in [-0.2, -0.15) is 9.98 Å². The summed E-state index contributed by atoms with van der Waals surface area (Å²) in [6.07, 6.45) is 0. The van der Waals surface area contributed by atoms with Gasteiger partial charge in [0.25, 0.3) is 0 Å². The number of hydrogen-bond donors (Lipinski definition) is 0. The zero-order valence-corrected chi connectivity index (χ0v) is 6.83. The van der Waals surface area contributed by atoms with E-state index < -0.39 is 6.03 Å². The highest BCUT2D eigenvalue weighted by Gasteiger charge is 2.06. The lowest BCUT2D eigenvalue weighted by molar-refractivity contribution is 0.256. The van der Waals surface area contributed by atoms with E-state index in [4.69, 9.17) is 0 Å². The second-order valence-corrected chi connectivity index (χ2v) is 2.74. The van der Waals surface area contributed by atoms with E-state index in [0.717, 1.165) is 11.3 Å². The first kappa shape index (κ1) is 7.09. The third kappa shape index (κ3) is 0.922. The van der Waals surface area contributed by atoms with E-state index in [1.807, 2.05) is 19.9 Å². The summed E-state index contributed by atoms with van der Waals surface area (Å²) in [4.78, 5) is 22.2. The number of nitrogens with zero attached hydrogens (tertiary/aromatic N) is 3. The molecule has 12 heavy (non-hydrogen) atoms. The van der Waals surface area contributed by atoms with Crippen molar-refractivity contribution in [3.63, 3.8) is 0 Å². The Morgan fingerprint density at radius 1 is 1.25 bits per heavy atom. The lowest BCUT2D eigenvalue weighted by atomic mass is 10.2. The average molecular weight is 161 g/mol. The first-order chi connectivity index (χ1) is 5.66. The van der Waals surface area contributed by atoms with Gasteiger partial charge in [0, 0.05) is 5.69 Å². The van der Waals surface area contributed by atoms with Gasteiger partial charge in [-0.3, -0.25) is 0 Å². The van der Waals surface area contributed by atoms with E-state index in [2.05, 4.69) is 15.0 Å². The monoisotopic (exact) mass is 161 g/mol. The highest BCUT2D eigenvalue weighted by Crippen LogP contribution is 1.95. The second-order valence-electron chi connectivity index (χ2n) is 2.74. The molecule has 0 fully saturated rings. The standard InChI is InChI=1S/C8H7N3O/c1-4-3-6-7(9-5(4)2)11-8(12)10-6/h3H,1-2H3. The highest BCUT2D eigenvalue weighted by atomic mass is 16.2. The van der Waals surface area contributed by atoms with Crippen LogP contribution < -0.4 is 10.8 Å². The Hall–Kier alpha value is -1.58. The number of pyridine rings is 1. The number of carbonyl (C=O) groups excluding carboxylic acids is 1. The Bertz CT molecular complexity index is 433. The number of aromatic nitrogens is 1. The van der Waals surface area contributed by atoms with Gasteiger partial charge in [0.05, 0.1) is 0 Å². The molecule has 2 heterocycles. The van der Waals surface area contributed by atoms with Crippen molar-refractivity contribution >= 4 is 6.03 Å². The van der Waals surface area contributed by atoms with Gasteiger partial charge in [-0.15, -0.1) is 0 Å². The molecule has 1 aromatic heterocycles. The Kier molecular flexibility index (Phi) is 1.30. The fraction of sp³-hybridized carbons (Fsp3) is 0.250. The molecule has 0 unspecified atom stereocenters. The summed E-state index contributed by atoms with van der Waals surface area (Å²) in [5.41, 5.74) is 2.37. The SMILES string of the molecule is Cc1cc2c(nc1C)=NC(=O)N=2. The van der Waals surface area contributed by atoms with Crippen LogP contribution in [0.4, 0.5) is 4.79 Å². The number of aryl methyl sites for hydroxylation is 2. The van der Waals surface area contributed by atoms with E-state index >= 15 is 0 Å². The van der Waals surface area contributed by atoms with Gasteiger partial charge in [-0.25, -0.2) is 9.78 Å². The quantitative estimate of drug-likeness (QED) is 0.540. The lowest BCUT2D eigenvalue weighted by Crippen LogP contribution is -2.26. The van der Waals surface area contributed by atoms with Crippen molar-refractivity contribution in [1.82, 2.24) is 4.98 Å². The smallest absolute Gasteiger partial charge is 0.244 e. The maximum atomic E-state index is 10.7. The Labute approximate surface area is 68.7 Å². The maximum Gasteiger partial charge on any atom is 0.369 e. The summed E-state index contributed by atoms with van der Waals surface area (Å²) in [5, 5.41) is 0.586. The molecule has 0 radical (unpaired) electrons. The predicted octanol–water partition coefficient (Wildman–Crippen LogP) is 0.0712. The minimum absolute atomic E-state index is 0.447. The molecule has 0 bridgehead atoms. The molecule has 0 saturated carbocycles. The summed E-state index contributed by atoms with van der Waals surface area (Å²) in [7, 11) is 0. The summed E-state index contributed by atoms with van der Waals surface area (Å²) in [6, 6.07) is 1.37. The zero-order valence-electron chi connectivity index (χ0n) is 6.83. The van der Waals surface area contributed by atoms with Gasteiger partial charge >= 0.3 is 6.03 Å². The number of rotatable bonds is 0. The number of fused-ring (bicyclic) bond motifs is 1. The molecule has 4 nitrogen and oxygen atoms in total. The normalized spacial score (nSPS) is 13.7. The molecule has 2 rings (SSSR count). The Morgan fingerprint density at radius 3 is 2.75 bits per heavy atom. The molecule has 0 aromatic carbocycles. The molecular formula is C8H7N3O. The fourth-order valence-electron chi connectivity index (χ4n) is 1.06. The predicted molar refractivity (Wildman–Crippen MR) is 41.4 cm³/mol. The van der Waals surface area contributed by atoms with Crippen molar-refractivity contribution in [3.8, 4) is 0 Å². The Balaban J connectivity index is 2.89. The first-order valence-corrected chi connectivity index (χ1v) is 3.62. The van der Waals surface area contributed by atoms with E-state index in [1.165, 1.54) is 0 Å². The van der Waals surface area contributed by atoms with Gasteiger partial charge in [-0.05, 0) is 25.5 Å². The number of carbonyl (C=O) groups is 1. The van der Waals surface area contributed by atoms with Crippen LogP contribution in [0, 0.1) is 13.8 Å². The van der Waals surface area contributed by atoms with E-state index in [-0.39, 0.29) is 0 Å². The topological polar surface area (TPSA) is 54.7 Å². The molecule has 1 aliphatic rings. The van der Waals surface area contributed by atoms with Gasteiger partial charge < -0.3 is 0 Å². The van der Waals surface area contributed by atoms with Crippen molar-refractivity contribution in [2.24, 2.45) is 9.98 Å². The van der Waals surface area contributed by atoms with E-state index in [0.29, 0.717) is 10.8 Å². The summed E-state index contributed by atoms with van der Waals surface area (Å²) in [5.74, 6) is 0. The minimum atomic E-state index is -0.456. The van der Waals surface area contributed by atoms with Gasteiger partial charge in [0.1, 0.15) is 5.36 Å². The van der Waals surface area contributed by atoms with Crippen molar-refractivity contribution in [2.45, 2.75) is 13.8 Å². The lowest BCUT2D eigenvalue weighted by Gasteiger charge is -1.93. The van der Waals surface area contributed by atoms with Crippen LogP contribution in [-0.2, 0) is 0 Å². The molecule has 1 aliphatic heterocycles. The third-order valence-electron chi connectivity index (χ3n) is 1.84. The second kappa shape index (κ2) is 2.20. The molecule has 2 amide bonds. The number of hydrogen-bond acceptors (Lipinski definition) is 2. The maximum absolute atomic E-state index is 10.7. The molecule has 0 spiro atoms. The van der Waals surface area contributed by atoms with Crippen LogP contribution in [0.25, 0.3) is 0 Å². The van der Waals surface area contributed by atoms with Crippen LogP contribution >= 0.6 is 0 Å².